The quantitative estimate of drug-likeness (QED) is 0.735. The van der Waals surface area contributed by atoms with Crippen molar-refractivity contribution in [3.05, 3.63) is 21.9 Å². The third-order valence-electron chi connectivity index (χ3n) is 2.76. The number of esters is 1. The molecule has 1 aromatic rings. The minimum absolute atomic E-state index is 0.0163. The number of carbonyl (C=O) groups is 1. The molecule has 82 valence electrons. The molecule has 0 bridgehead atoms. The smallest absolute Gasteiger partial charge is 0.323 e. The maximum Gasteiger partial charge on any atom is 0.323 e. The molecule has 1 unspecified atom stereocenters. The van der Waals surface area contributed by atoms with E-state index in [-0.39, 0.29) is 12.0 Å². The molecule has 0 radical (unpaired) electrons. The second kappa shape index (κ2) is 4.33. The van der Waals surface area contributed by atoms with Gasteiger partial charge in [-0.25, -0.2) is 0 Å². The highest BCUT2D eigenvalue weighted by Gasteiger charge is 2.34. The number of carbonyl (C=O) groups excluding carboxylic acids is 1. The van der Waals surface area contributed by atoms with Crippen LogP contribution in [0.2, 0.25) is 0 Å². The van der Waals surface area contributed by atoms with Crippen molar-refractivity contribution in [2.45, 2.75) is 25.9 Å². The van der Waals surface area contributed by atoms with Crippen LogP contribution in [0.3, 0.4) is 0 Å². The number of thiophene rings is 1. The molecular weight excluding hydrogens is 210 g/mol. The van der Waals surface area contributed by atoms with E-state index in [9.17, 15) is 4.79 Å². The second-order valence-corrected chi connectivity index (χ2v) is 5.18. The minimum Gasteiger partial charge on any atom is -0.468 e. The van der Waals surface area contributed by atoms with Crippen LogP contribution in [-0.2, 0) is 16.1 Å². The van der Waals surface area contributed by atoms with Gasteiger partial charge < -0.3 is 4.74 Å². The van der Waals surface area contributed by atoms with Crippen LogP contribution in [0.5, 0.6) is 0 Å². The summed E-state index contributed by atoms with van der Waals surface area (Å²) < 4.78 is 4.75. The molecular formula is C11H15NO2S. The van der Waals surface area contributed by atoms with Crippen molar-refractivity contribution in [3.63, 3.8) is 0 Å². The normalized spacial score (nSPS) is 21.1. The first-order valence-corrected chi connectivity index (χ1v) is 5.89. The van der Waals surface area contributed by atoms with Gasteiger partial charge in [-0.15, -0.1) is 11.3 Å². The van der Waals surface area contributed by atoms with Crippen molar-refractivity contribution in [3.8, 4) is 0 Å². The summed E-state index contributed by atoms with van der Waals surface area (Å²) in [5.41, 5.74) is 0. The molecule has 1 saturated heterocycles. The van der Waals surface area contributed by atoms with Gasteiger partial charge in [-0.2, -0.15) is 0 Å². The molecule has 2 heterocycles. The number of hydrogen-bond donors (Lipinski definition) is 0. The van der Waals surface area contributed by atoms with Crippen molar-refractivity contribution in [1.82, 2.24) is 4.90 Å². The van der Waals surface area contributed by atoms with Crippen molar-refractivity contribution >= 4 is 17.3 Å². The Labute approximate surface area is 93.7 Å². The topological polar surface area (TPSA) is 29.5 Å². The van der Waals surface area contributed by atoms with E-state index in [2.05, 4.69) is 24.0 Å². The third kappa shape index (κ3) is 2.21. The third-order valence-corrected chi connectivity index (χ3v) is 3.74. The molecule has 0 amide bonds. The van der Waals surface area contributed by atoms with E-state index >= 15 is 0 Å². The van der Waals surface area contributed by atoms with Crippen LogP contribution in [0.4, 0.5) is 0 Å². The summed E-state index contributed by atoms with van der Waals surface area (Å²) >= 11 is 1.79. The highest BCUT2D eigenvalue weighted by atomic mass is 32.1. The largest absolute Gasteiger partial charge is 0.468 e. The molecule has 1 aliphatic rings. The fourth-order valence-electron chi connectivity index (χ4n) is 1.80. The van der Waals surface area contributed by atoms with Crippen molar-refractivity contribution in [1.29, 1.82) is 0 Å². The van der Waals surface area contributed by atoms with Gasteiger partial charge in [-0.1, -0.05) is 0 Å². The molecule has 0 aromatic carbocycles. The Morgan fingerprint density at radius 3 is 2.93 bits per heavy atom. The van der Waals surface area contributed by atoms with Crippen LogP contribution in [0.15, 0.2) is 12.1 Å². The number of rotatable bonds is 3. The highest BCUT2D eigenvalue weighted by molar-refractivity contribution is 7.11. The van der Waals surface area contributed by atoms with E-state index in [0.29, 0.717) is 0 Å². The van der Waals surface area contributed by atoms with E-state index in [1.54, 1.807) is 11.3 Å². The molecule has 3 nitrogen and oxygen atoms in total. The Hall–Kier alpha value is -0.870. The lowest BCUT2D eigenvalue weighted by Gasteiger charge is -2.38. The molecule has 15 heavy (non-hydrogen) atoms. The maximum absolute atomic E-state index is 11.3. The van der Waals surface area contributed by atoms with E-state index in [1.807, 2.05) is 0 Å². The summed E-state index contributed by atoms with van der Waals surface area (Å²) in [5.74, 6) is -0.102. The predicted molar refractivity (Wildman–Crippen MR) is 59.9 cm³/mol. The Kier molecular flexibility index (Phi) is 3.07. The van der Waals surface area contributed by atoms with Gasteiger partial charge in [0.2, 0.25) is 0 Å². The number of likely N-dealkylation sites (tertiary alicyclic amines) is 1. The van der Waals surface area contributed by atoms with Crippen molar-refractivity contribution < 1.29 is 9.53 Å². The zero-order valence-electron chi connectivity index (χ0n) is 9.03. The fraction of sp³-hybridized carbons (Fsp3) is 0.545. The molecule has 2 rings (SSSR count). The lowest BCUT2D eigenvalue weighted by molar-refractivity contribution is -0.152. The van der Waals surface area contributed by atoms with Crippen LogP contribution >= 0.6 is 11.3 Å². The zero-order chi connectivity index (χ0) is 10.8. The lowest BCUT2D eigenvalue weighted by atomic mass is 10.0. The van der Waals surface area contributed by atoms with E-state index < -0.39 is 0 Å². The van der Waals surface area contributed by atoms with Gasteiger partial charge in [0.1, 0.15) is 6.04 Å². The van der Waals surface area contributed by atoms with Crippen LogP contribution in [0.1, 0.15) is 16.2 Å². The van der Waals surface area contributed by atoms with Gasteiger partial charge in [0.25, 0.3) is 0 Å². The number of hydrogen-bond acceptors (Lipinski definition) is 4. The average molecular weight is 225 g/mol. The summed E-state index contributed by atoms with van der Waals surface area (Å²) in [6.07, 6.45) is 0.928. The Bertz CT molecular complexity index is 361. The molecule has 1 atom stereocenters. The summed E-state index contributed by atoms with van der Waals surface area (Å²) in [4.78, 5) is 16.1. The van der Waals surface area contributed by atoms with Gasteiger partial charge in [-0.05, 0) is 25.5 Å². The first kappa shape index (κ1) is 10.6. The lowest BCUT2D eigenvalue weighted by Crippen LogP contribution is -2.51. The molecule has 1 aromatic heterocycles. The molecule has 0 spiro atoms. The van der Waals surface area contributed by atoms with Crippen molar-refractivity contribution in [2.24, 2.45) is 0 Å². The van der Waals surface area contributed by atoms with Gasteiger partial charge in [0, 0.05) is 22.8 Å². The maximum atomic E-state index is 11.3. The van der Waals surface area contributed by atoms with Gasteiger partial charge in [0.05, 0.1) is 7.11 Å². The molecule has 1 aliphatic heterocycles. The molecule has 0 aliphatic carbocycles. The molecule has 1 fully saturated rings. The zero-order valence-corrected chi connectivity index (χ0v) is 9.84. The monoisotopic (exact) mass is 225 g/mol. The Balaban J connectivity index is 1.93. The molecule has 0 N–H and O–H groups in total. The fourth-order valence-corrected chi connectivity index (χ4v) is 2.72. The summed E-state index contributed by atoms with van der Waals surface area (Å²) in [7, 11) is 1.45. The predicted octanol–water partition coefficient (Wildman–Crippen LogP) is 1.80. The molecule has 4 heteroatoms. The van der Waals surface area contributed by atoms with Gasteiger partial charge >= 0.3 is 5.97 Å². The van der Waals surface area contributed by atoms with Crippen LogP contribution in [0, 0.1) is 6.92 Å². The van der Waals surface area contributed by atoms with E-state index in [4.69, 9.17) is 4.74 Å². The van der Waals surface area contributed by atoms with Crippen LogP contribution in [0.25, 0.3) is 0 Å². The Morgan fingerprint density at radius 2 is 2.47 bits per heavy atom. The van der Waals surface area contributed by atoms with Gasteiger partial charge in [0.15, 0.2) is 0 Å². The highest BCUT2D eigenvalue weighted by Crippen LogP contribution is 2.24. The summed E-state index contributed by atoms with van der Waals surface area (Å²) in [5, 5.41) is 0. The SMILES string of the molecule is COC(=O)C1CCN1Cc1ccc(C)s1. The van der Waals surface area contributed by atoms with Crippen LogP contribution in [-0.4, -0.2) is 30.6 Å². The van der Waals surface area contributed by atoms with E-state index in [0.717, 1.165) is 19.5 Å². The average Bonchev–Trinajstić information content (AvgIpc) is 2.58. The molecule has 0 saturated carbocycles. The van der Waals surface area contributed by atoms with E-state index in [1.165, 1.54) is 16.9 Å². The standard InChI is InChI=1S/C11H15NO2S/c1-8-3-4-9(15-8)7-12-6-5-10(12)11(13)14-2/h3-4,10H,5-7H2,1-2H3. The number of aryl methyl sites for hydroxylation is 1. The van der Waals surface area contributed by atoms with Gasteiger partial charge in [-0.3, -0.25) is 9.69 Å². The van der Waals surface area contributed by atoms with Crippen LogP contribution < -0.4 is 0 Å². The number of methoxy groups -OCH3 is 1. The number of ether oxygens (including phenoxy) is 1. The van der Waals surface area contributed by atoms with Crippen molar-refractivity contribution in [2.75, 3.05) is 13.7 Å². The first-order chi connectivity index (χ1) is 7.20. The summed E-state index contributed by atoms with van der Waals surface area (Å²) in [6, 6.07) is 4.23. The minimum atomic E-state index is -0.102. The summed E-state index contributed by atoms with van der Waals surface area (Å²) in [6.45, 7) is 3.97. The Morgan fingerprint density at radius 1 is 1.67 bits per heavy atom. The first-order valence-electron chi connectivity index (χ1n) is 5.08. The number of nitrogens with zero attached hydrogens (tertiary/aromatic N) is 1. The second-order valence-electron chi connectivity index (χ2n) is 3.81.